The lowest BCUT2D eigenvalue weighted by Crippen LogP contribution is -2.28. The Morgan fingerprint density at radius 1 is 1.25 bits per heavy atom. The van der Waals surface area contributed by atoms with Gasteiger partial charge in [-0.15, -0.1) is 0 Å². The Morgan fingerprint density at radius 2 is 1.88 bits per heavy atom. The van der Waals surface area contributed by atoms with Crippen LogP contribution in [0.3, 0.4) is 0 Å². The summed E-state index contributed by atoms with van der Waals surface area (Å²) in [6.45, 7) is 4.48. The van der Waals surface area contributed by atoms with Crippen molar-refractivity contribution in [1.29, 1.82) is 0 Å². The fraction of sp³-hybridized carbons (Fsp3) is 0.455. The monoisotopic (exact) mass is 243 g/mol. The molecule has 0 heterocycles. The van der Waals surface area contributed by atoms with Crippen molar-refractivity contribution >= 4 is 10.0 Å². The number of rotatable bonds is 6. The molecule has 0 amide bonds. The lowest BCUT2D eigenvalue weighted by Gasteiger charge is -2.09. The predicted octanol–water partition coefficient (Wildman–Crippen LogP) is 1.39. The maximum absolute atomic E-state index is 11.7. The van der Waals surface area contributed by atoms with Gasteiger partial charge in [-0.1, -0.05) is 18.2 Å². The summed E-state index contributed by atoms with van der Waals surface area (Å²) in [4.78, 5) is 0.277. The zero-order chi connectivity index (χ0) is 12.0. The molecule has 0 aliphatic carbocycles. The van der Waals surface area contributed by atoms with Crippen LogP contribution in [0.4, 0.5) is 0 Å². The van der Waals surface area contributed by atoms with E-state index in [-0.39, 0.29) is 17.5 Å². The molecule has 0 radical (unpaired) electrons. The number of nitrogens with one attached hydrogen (secondary N) is 1. The predicted molar refractivity (Wildman–Crippen MR) is 62.7 cm³/mol. The van der Waals surface area contributed by atoms with Gasteiger partial charge in [-0.05, 0) is 26.0 Å². The lowest BCUT2D eigenvalue weighted by molar-refractivity contribution is 0.0834. The van der Waals surface area contributed by atoms with Crippen LogP contribution < -0.4 is 4.72 Å². The molecule has 0 fully saturated rings. The first-order chi connectivity index (χ1) is 7.52. The molecule has 0 bridgehead atoms. The third kappa shape index (κ3) is 4.30. The molecule has 0 aliphatic rings. The van der Waals surface area contributed by atoms with Crippen LogP contribution in [-0.2, 0) is 14.8 Å². The Kier molecular flexibility index (Phi) is 4.92. The van der Waals surface area contributed by atoms with Crippen molar-refractivity contribution in [1.82, 2.24) is 4.72 Å². The summed E-state index contributed by atoms with van der Waals surface area (Å²) < 4.78 is 31.1. The number of benzene rings is 1. The molecule has 4 nitrogen and oxygen atoms in total. The third-order valence-corrected chi connectivity index (χ3v) is 3.38. The van der Waals surface area contributed by atoms with E-state index >= 15 is 0 Å². The van der Waals surface area contributed by atoms with E-state index in [2.05, 4.69) is 4.72 Å². The van der Waals surface area contributed by atoms with E-state index in [0.717, 1.165) is 0 Å². The minimum Gasteiger partial charge on any atom is -0.377 e. The number of sulfonamides is 1. The average molecular weight is 243 g/mol. The molecule has 0 aliphatic heterocycles. The maximum atomic E-state index is 11.7. The standard InChI is InChI=1S/C11H17NO3S/c1-10(2)15-9-8-12-16(13,14)11-6-4-3-5-7-11/h3-7,10,12H,8-9H2,1-2H3. The molecule has 0 saturated carbocycles. The Bertz CT molecular complexity index is 400. The second-order valence-corrected chi connectivity index (χ2v) is 5.40. The zero-order valence-electron chi connectivity index (χ0n) is 9.51. The second kappa shape index (κ2) is 5.98. The van der Waals surface area contributed by atoms with Crippen LogP contribution in [0.5, 0.6) is 0 Å². The van der Waals surface area contributed by atoms with Crippen LogP contribution in [0.15, 0.2) is 35.2 Å². The van der Waals surface area contributed by atoms with E-state index in [1.807, 2.05) is 13.8 Å². The largest absolute Gasteiger partial charge is 0.377 e. The van der Waals surface area contributed by atoms with Crippen LogP contribution in [0.25, 0.3) is 0 Å². The first-order valence-electron chi connectivity index (χ1n) is 5.18. The molecule has 1 aromatic rings. The first kappa shape index (κ1) is 13.2. The van der Waals surface area contributed by atoms with E-state index in [1.165, 1.54) is 0 Å². The molecule has 0 aromatic heterocycles. The van der Waals surface area contributed by atoms with Gasteiger partial charge < -0.3 is 4.74 Å². The molecule has 1 rings (SSSR count). The number of hydrogen-bond donors (Lipinski definition) is 1. The van der Waals surface area contributed by atoms with Crippen molar-refractivity contribution < 1.29 is 13.2 Å². The fourth-order valence-electron chi connectivity index (χ4n) is 1.15. The molecule has 90 valence electrons. The highest BCUT2D eigenvalue weighted by Gasteiger charge is 2.11. The molecule has 0 atom stereocenters. The van der Waals surface area contributed by atoms with Crippen LogP contribution >= 0.6 is 0 Å². The summed E-state index contributed by atoms with van der Waals surface area (Å²) in [5.74, 6) is 0. The molecule has 0 spiro atoms. The SMILES string of the molecule is CC(C)OCCNS(=O)(=O)c1ccccc1. The van der Waals surface area contributed by atoms with Gasteiger partial charge >= 0.3 is 0 Å². The van der Waals surface area contributed by atoms with E-state index < -0.39 is 10.0 Å². The smallest absolute Gasteiger partial charge is 0.240 e. The minimum absolute atomic E-state index is 0.112. The summed E-state index contributed by atoms with van der Waals surface area (Å²) in [6.07, 6.45) is 0.112. The highest BCUT2D eigenvalue weighted by molar-refractivity contribution is 7.89. The van der Waals surface area contributed by atoms with E-state index in [9.17, 15) is 8.42 Å². The summed E-state index contributed by atoms with van der Waals surface area (Å²) in [5.41, 5.74) is 0. The Hall–Kier alpha value is -0.910. The van der Waals surface area contributed by atoms with Crippen molar-refractivity contribution in [3.8, 4) is 0 Å². The molecule has 0 unspecified atom stereocenters. The number of hydrogen-bond acceptors (Lipinski definition) is 3. The first-order valence-corrected chi connectivity index (χ1v) is 6.67. The van der Waals surface area contributed by atoms with Crippen LogP contribution in [-0.4, -0.2) is 27.7 Å². The van der Waals surface area contributed by atoms with Gasteiger partial charge in [0, 0.05) is 6.54 Å². The van der Waals surface area contributed by atoms with E-state index in [0.29, 0.717) is 6.61 Å². The van der Waals surface area contributed by atoms with Crippen LogP contribution in [0, 0.1) is 0 Å². The average Bonchev–Trinajstić information content (AvgIpc) is 2.26. The van der Waals surface area contributed by atoms with E-state index in [1.54, 1.807) is 30.3 Å². The summed E-state index contributed by atoms with van der Waals surface area (Å²) >= 11 is 0. The van der Waals surface area contributed by atoms with Crippen molar-refractivity contribution in [3.63, 3.8) is 0 Å². The minimum atomic E-state index is -3.39. The Labute approximate surface area is 96.7 Å². The fourth-order valence-corrected chi connectivity index (χ4v) is 2.19. The topological polar surface area (TPSA) is 55.4 Å². The van der Waals surface area contributed by atoms with Crippen molar-refractivity contribution in [3.05, 3.63) is 30.3 Å². The summed E-state index contributed by atoms with van der Waals surface area (Å²) in [5, 5.41) is 0. The highest BCUT2D eigenvalue weighted by Crippen LogP contribution is 2.06. The van der Waals surface area contributed by atoms with Crippen molar-refractivity contribution in [2.45, 2.75) is 24.8 Å². The van der Waals surface area contributed by atoms with Gasteiger partial charge in [0.05, 0.1) is 17.6 Å². The van der Waals surface area contributed by atoms with Gasteiger partial charge in [0.1, 0.15) is 0 Å². The normalized spacial score (nSPS) is 11.9. The Balaban J connectivity index is 2.48. The zero-order valence-corrected chi connectivity index (χ0v) is 10.3. The Morgan fingerprint density at radius 3 is 2.44 bits per heavy atom. The molecule has 5 heteroatoms. The van der Waals surface area contributed by atoms with Gasteiger partial charge in [-0.3, -0.25) is 0 Å². The number of ether oxygens (including phenoxy) is 1. The van der Waals surface area contributed by atoms with Crippen molar-refractivity contribution in [2.24, 2.45) is 0 Å². The van der Waals surface area contributed by atoms with Crippen LogP contribution in [0.2, 0.25) is 0 Å². The molecule has 1 aromatic carbocycles. The van der Waals surface area contributed by atoms with Gasteiger partial charge in [0.25, 0.3) is 0 Å². The van der Waals surface area contributed by atoms with Gasteiger partial charge in [-0.25, -0.2) is 13.1 Å². The summed E-state index contributed by atoms with van der Waals surface area (Å²) in [7, 11) is -3.39. The second-order valence-electron chi connectivity index (χ2n) is 3.63. The van der Waals surface area contributed by atoms with Crippen LogP contribution in [0.1, 0.15) is 13.8 Å². The molecule has 1 N–H and O–H groups in total. The van der Waals surface area contributed by atoms with Gasteiger partial charge in [0.2, 0.25) is 10.0 Å². The van der Waals surface area contributed by atoms with E-state index in [4.69, 9.17) is 4.74 Å². The highest BCUT2D eigenvalue weighted by atomic mass is 32.2. The molecular weight excluding hydrogens is 226 g/mol. The lowest BCUT2D eigenvalue weighted by atomic mass is 10.4. The van der Waals surface area contributed by atoms with Gasteiger partial charge in [-0.2, -0.15) is 0 Å². The van der Waals surface area contributed by atoms with Gasteiger partial charge in [0.15, 0.2) is 0 Å². The third-order valence-electron chi connectivity index (χ3n) is 1.90. The molecule has 16 heavy (non-hydrogen) atoms. The molecular formula is C11H17NO3S. The quantitative estimate of drug-likeness (QED) is 0.768. The van der Waals surface area contributed by atoms with Crippen molar-refractivity contribution in [2.75, 3.05) is 13.2 Å². The molecule has 0 saturated heterocycles. The summed E-state index contributed by atoms with van der Waals surface area (Å²) in [6, 6.07) is 8.29. The maximum Gasteiger partial charge on any atom is 0.240 e.